The van der Waals surface area contributed by atoms with E-state index >= 15 is 0 Å². The Labute approximate surface area is 154 Å². The second kappa shape index (κ2) is 8.04. The van der Waals surface area contributed by atoms with Crippen LogP contribution in [0.4, 0.5) is 9.93 Å². The molecule has 6 heteroatoms. The van der Waals surface area contributed by atoms with Gasteiger partial charge in [-0.25, -0.2) is 9.78 Å². The Morgan fingerprint density at radius 1 is 1.04 bits per heavy atom. The van der Waals surface area contributed by atoms with Crippen molar-refractivity contribution in [2.24, 2.45) is 0 Å². The van der Waals surface area contributed by atoms with Crippen molar-refractivity contribution in [3.05, 3.63) is 10.6 Å². The van der Waals surface area contributed by atoms with Gasteiger partial charge in [-0.1, -0.05) is 49.9 Å². The smallest absolute Gasteiger partial charge is 0.324 e. The molecule has 2 heterocycles. The van der Waals surface area contributed by atoms with Gasteiger partial charge < -0.3 is 9.64 Å². The summed E-state index contributed by atoms with van der Waals surface area (Å²) in [5.74, 6) is 0. The highest BCUT2D eigenvalue weighted by Crippen LogP contribution is 2.32. The molecule has 0 bridgehead atoms. The number of anilines is 1. The molecule has 2 saturated carbocycles. The van der Waals surface area contributed by atoms with E-state index in [1.54, 1.807) is 11.3 Å². The lowest BCUT2D eigenvalue weighted by atomic mass is 9.89. The maximum atomic E-state index is 13.2. The number of fused-ring (bicyclic) bond motifs is 1. The molecule has 1 aromatic rings. The van der Waals surface area contributed by atoms with E-state index in [4.69, 9.17) is 4.74 Å². The number of nitrogens with zero attached hydrogens (tertiary/aromatic N) is 2. The number of aromatic nitrogens is 1. The minimum Gasteiger partial charge on any atom is -0.375 e. The number of carbonyl (C=O) groups excluding carboxylic acids is 1. The molecule has 0 radical (unpaired) electrons. The summed E-state index contributed by atoms with van der Waals surface area (Å²) in [6.07, 6.45) is 13.1. The summed E-state index contributed by atoms with van der Waals surface area (Å²) in [6, 6.07) is 0.898. The van der Waals surface area contributed by atoms with Crippen molar-refractivity contribution in [3.8, 4) is 0 Å². The normalized spacial score (nSPS) is 22.4. The molecule has 1 aromatic heterocycles. The molecule has 25 heavy (non-hydrogen) atoms. The van der Waals surface area contributed by atoms with E-state index in [9.17, 15) is 4.79 Å². The van der Waals surface area contributed by atoms with Crippen LogP contribution in [-0.4, -0.2) is 34.6 Å². The van der Waals surface area contributed by atoms with Gasteiger partial charge in [0.05, 0.1) is 23.8 Å². The lowest BCUT2D eigenvalue weighted by Crippen LogP contribution is -2.50. The summed E-state index contributed by atoms with van der Waals surface area (Å²) >= 11 is 1.58. The van der Waals surface area contributed by atoms with Crippen LogP contribution < -0.4 is 5.32 Å². The van der Waals surface area contributed by atoms with E-state index in [-0.39, 0.29) is 6.03 Å². The third-order valence-electron chi connectivity index (χ3n) is 5.88. The number of carbonyl (C=O) groups is 1. The Bertz CT molecular complexity index is 550. The van der Waals surface area contributed by atoms with Gasteiger partial charge in [0.1, 0.15) is 0 Å². The van der Waals surface area contributed by atoms with Crippen molar-refractivity contribution in [1.82, 2.24) is 9.88 Å². The Morgan fingerprint density at radius 2 is 1.68 bits per heavy atom. The highest BCUT2D eigenvalue weighted by Gasteiger charge is 2.33. The molecule has 5 nitrogen and oxygen atoms in total. The predicted octanol–water partition coefficient (Wildman–Crippen LogP) is 4.72. The highest BCUT2D eigenvalue weighted by molar-refractivity contribution is 7.15. The Morgan fingerprint density at radius 3 is 2.28 bits per heavy atom. The van der Waals surface area contributed by atoms with Crippen LogP contribution in [0.1, 0.15) is 74.8 Å². The summed E-state index contributed by atoms with van der Waals surface area (Å²) < 4.78 is 5.50. The molecule has 0 aromatic carbocycles. The third-order valence-corrected chi connectivity index (χ3v) is 6.87. The van der Waals surface area contributed by atoms with Crippen LogP contribution in [0.5, 0.6) is 0 Å². The Kier molecular flexibility index (Phi) is 5.56. The fourth-order valence-electron chi connectivity index (χ4n) is 4.58. The van der Waals surface area contributed by atoms with E-state index in [1.807, 2.05) is 0 Å². The van der Waals surface area contributed by atoms with Gasteiger partial charge in [0.2, 0.25) is 0 Å². The fourth-order valence-corrected chi connectivity index (χ4v) is 5.52. The number of amides is 2. The average Bonchev–Trinajstić information content (AvgIpc) is 3.06. The fraction of sp³-hybridized carbons (Fsp3) is 0.789. The largest absolute Gasteiger partial charge is 0.375 e. The molecule has 0 atom stereocenters. The zero-order chi connectivity index (χ0) is 17.1. The second-order valence-corrected chi connectivity index (χ2v) is 8.70. The summed E-state index contributed by atoms with van der Waals surface area (Å²) in [7, 11) is 0. The molecular formula is C19H29N3O2S. The number of thiazole rings is 1. The topological polar surface area (TPSA) is 54.5 Å². The zero-order valence-corrected chi connectivity index (χ0v) is 15.8. The molecule has 1 aliphatic heterocycles. The maximum absolute atomic E-state index is 13.2. The molecule has 2 aliphatic carbocycles. The van der Waals surface area contributed by atoms with Crippen LogP contribution >= 0.6 is 11.3 Å². The summed E-state index contributed by atoms with van der Waals surface area (Å²) in [5.41, 5.74) is 1.11. The van der Waals surface area contributed by atoms with Gasteiger partial charge in [0, 0.05) is 18.5 Å². The van der Waals surface area contributed by atoms with Gasteiger partial charge in [-0.05, 0) is 25.7 Å². The van der Waals surface area contributed by atoms with E-state index in [1.165, 1.54) is 43.4 Å². The van der Waals surface area contributed by atoms with Crippen molar-refractivity contribution in [2.75, 3.05) is 11.9 Å². The molecule has 2 amide bonds. The molecular weight excluding hydrogens is 334 g/mol. The second-order valence-electron chi connectivity index (χ2n) is 7.61. The first kappa shape index (κ1) is 17.3. The number of urea groups is 1. The van der Waals surface area contributed by atoms with E-state index in [0.29, 0.717) is 18.7 Å². The molecule has 4 rings (SSSR count). The van der Waals surface area contributed by atoms with Crippen LogP contribution in [0, 0.1) is 0 Å². The number of hydrogen-bond acceptors (Lipinski definition) is 4. The van der Waals surface area contributed by atoms with Crippen LogP contribution in [-0.2, 0) is 17.8 Å². The molecule has 0 spiro atoms. The third kappa shape index (κ3) is 4.00. The van der Waals surface area contributed by atoms with Gasteiger partial charge in [0.15, 0.2) is 5.13 Å². The first-order chi connectivity index (χ1) is 12.3. The minimum atomic E-state index is 0.0748. The standard InChI is InChI=1S/C19H29N3O2S/c23-19(21-18-20-16-11-12-24-13-17(16)25-18)22(14-7-3-1-4-8-14)15-9-5-2-6-10-15/h14-15H,1-13H2,(H,20,21,23). The van der Waals surface area contributed by atoms with E-state index < -0.39 is 0 Å². The van der Waals surface area contributed by atoms with Gasteiger partial charge in [0.25, 0.3) is 0 Å². The Hall–Kier alpha value is -1.14. The molecule has 0 unspecified atom stereocenters. The van der Waals surface area contributed by atoms with Crippen molar-refractivity contribution in [2.45, 2.75) is 89.3 Å². The molecule has 2 fully saturated rings. The average molecular weight is 364 g/mol. The summed E-state index contributed by atoms with van der Waals surface area (Å²) in [4.78, 5) is 21.2. The predicted molar refractivity (Wildman–Crippen MR) is 100 cm³/mol. The zero-order valence-electron chi connectivity index (χ0n) is 15.0. The molecule has 138 valence electrons. The number of hydrogen-bond donors (Lipinski definition) is 1. The maximum Gasteiger partial charge on any atom is 0.324 e. The van der Waals surface area contributed by atoms with Gasteiger partial charge >= 0.3 is 6.03 Å². The molecule has 0 saturated heterocycles. The number of nitrogens with one attached hydrogen (secondary N) is 1. The van der Waals surface area contributed by atoms with Crippen LogP contribution in [0.15, 0.2) is 0 Å². The van der Waals surface area contributed by atoms with Crippen molar-refractivity contribution < 1.29 is 9.53 Å². The van der Waals surface area contributed by atoms with Crippen molar-refractivity contribution in [3.63, 3.8) is 0 Å². The first-order valence-corrected chi connectivity index (χ1v) is 10.8. The quantitative estimate of drug-likeness (QED) is 0.846. The Balaban J connectivity index is 1.49. The highest BCUT2D eigenvalue weighted by atomic mass is 32.1. The van der Waals surface area contributed by atoms with Crippen LogP contribution in [0.3, 0.4) is 0 Å². The van der Waals surface area contributed by atoms with E-state index in [2.05, 4.69) is 15.2 Å². The van der Waals surface area contributed by atoms with Gasteiger partial charge in [-0.2, -0.15) is 0 Å². The minimum absolute atomic E-state index is 0.0748. The molecule has 3 aliphatic rings. The van der Waals surface area contributed by atoms with Gasteiger partial charge in [-0.15, -0.1) is 0 Å². The first-order valence-electron chi connectivity index (χ1n) is 9.97. The lowest BCUT2D eigenvalue weighted by Gasteiger charge is -2.41. The van der Waals surface area contributed by atoms with E-state index in [0.717, 1.165) is 49.5 Å². The monoisotopic (exact) mass is 363 g/mol. The number of rotatable bonds is 3. The molecule has 1 N–H and O–H groups in total. The summed E-state index contributed by atoms with van der Waals surface area (Å²) in [6.45, 7) is 1.37. The van der Waals surface area contributed by atoms with Crippen LogP contribution in [0.25, 0.3) is 0 Å². The SMILES string of the molecule is O=C(Nc1nc2c(s1)COCC2)N(C1CCCCC1)C1CCCCC1. The number of ether oxygens (including phenoxy) is 1. The van der Waals surface area contributed by atoms with Crippen LogP contribution in [0.2, 0.25) is 0 Å². The van der Waals surface area contributed by atoms with Crippen molar-refractivity contribution in [1.29, 1.82) is 0 Å². The lowest BCUT2D eigenvalue weighted by molar-refractivity contribution is 0.112. The van der Waals surface area contributed by atoms with Gasteiger partial charge in [-0.3, -0.25) is 5.32 Å². The van der Waals surface area contributed by atoms with Crippen molar-refractivity contribution >= 4 is 22.5 Å². The summed E-state index contributed by atoms with van der Waals surface area (Å²) in [5, 5.41) is 3.88.